The maximum absolute atomic E-state index is 11.7. The first-order valence-corrected chi connectivity index (χ1v) is 9.78. The van der Waals surface area contributed by atoms with Crippen LogP contribution in [0.15, 0.2) is 48.5 Å². The third kappa shape index (κ3) is 5.03. The lowest BCUT2D eigenvalue weighted by atomic mass is 10.2. The van der Waals surface area contributed by atoms with Crippen molar-refractivity contribution in [2.24, 2.45) is 0 Å². The molecule has 0 aliphatic carbocycles. The van der Waals surface area contributed by atoms with Crippen molar-refractivity contribution in [1.82, 2.24) is 5.32 Å². The van der Waals surface area contributed by atoms with Crippen LogP contribution in [-0.4, -0.2) is 9.79 Å². The predicted molar refractivity (Wildman–Crippen MR) is 91.2 cm³/mol. The third-order valence-corrected chi connectivity index (χ3v) is 5.41. The Labute approximate surface area is 145 Å². The van der Waals surface area contributed by atoms with Crippen molar-refractivity contribution in [3.63, 3.8) is 0 Å². The minimum Gasteiger partial charge on any atom is -0.216 e. The van der Waals surface area contributed by atoms with Gasteiger partial charge in [-0.25, -0.2) is 5.32 Å². The zero-order valence-corrected chi connectivity index (χ0v) is 14.9. The van der Waals surface area contributed by atoms with E-state index >= 15 is 0 Å². The Bertz CT molecular complexity index is 648. The van der Waals surface area contributed by atoms with Gasteiger partial charge in [-0.1, -0.05) is 47.5 Å². The Morgan fingerprint density at radius 2 is 1.04 bits per heavy atom. The van der Waals surface area contributed by atoms with Gasteiger partial charge in [0.25, 0.3) is 11.6 Å². The highest BCUT2D eigenvalue weighted by molar-refractivity contribution is 7.39. The summed E-state index contributed by atoms with van der Waals surface area (Å²) in [4.78, 5) is 19.1. The van der Waals surface area contributed by atoms with Crippen LogP contribution >= 0.6 is 39.3 Å². The summed E-state index contributed by atoms with van der Waals surface area (Å²) in [5.41, 5.74) is 0.989. The molecule has 0 aliphatic rings. The molecule has 4 atom stereocenters. The first-order chi connectivity index (χ1) is 10.9. The summed E-state index contributed by atoms with van der Waals surface area (Å²) >= 11 is 11.6. The van der Waals surface area contributed by atoms with Gasteiger partial charge < -0.3 is 0 Å². The van der Waals surface area contributed by atoms with Gasteiger partial charge in [0.05, 0.1) is 0 Å². The van der Waals surface area contributed by atoms with Gasteiger partial charge in [0.1, 0.15) is 0 Å². The summed E-state index contributed by atoms with van der Waals surface area (Å²) in [5, 5.41) is 3.75. The Morgan fingerprint density at radius 1 is 0.739 bits per heavy atom. The zero-order chi connectivity index (χ0) is 17.0. The molecule has 0 amide bonds. The van der Waals surface area contributed by atoms with E-state index < -0.39 is 27.6 Å². The second-order valence-electron chi connectivity index (χ2n) is 4.68. The van der Waals surface area contributed by atoms with Crippen molar-refractivity contribution in [2.75, 3.05) is 0 Å². The number of hydrogen-bond acceptors (Lipinski definition) is 3. The number of nitrogens with one attached hydrogen (secondary N) is 1. The number of rotatable bonds is 6. The third-order valence-electron chi connectivity index (χ3n) is 3.13. The van der Waals surface area contributed by atoms with Crippen molar-refractivity contribution in [3.05, 3.63) is 69.7 Å². The number of benzene rings is 2. The Morgan fingerprint density at radius 3 is 1.30 bits per heavy atom. The molecule has 2 unspecified atom stereocenters. The van der Waals surface area contributed by atoms with E-state index in [1.807, 2.05) is 0 Å². The van der Waals surface area contributed by atoms with Gasteiger partial charge in [0, 0.05) is 21.2 Å². The molecule has 0 spiro atoms. The lowest BCUT2D eigenvalue weighted by molar-refractivity contribution is 0.450. The number of hydrogen-bond donors (Lipinski definition) is 3. The standard InChI is InChI=1S/C14H11Cl2NO4P2/c15-11-5-1-9(2-6-11)13(22(18)19)17-14(23(20)21)10-3-7-12(16)8-4-10/h1-8,13-14,17H/p+2/t13-,14-/m1/s1. The smallest absolute Gasteiger partial charge is 0.216 e. The van der Waals surface area contributed by atoms with E-state index in [1.54, 1.807) is 48.5 Å². The minimum atomic E-state index is -2.67. The van der Waals surface area contributed by atoms with Crippen LogP contribution in [0.4, 0.5) is 0 Å². The fourth-order valence-electron chi connectivity index (χ4n) is 2.01. The van der Waals surface area contributed by atoms with Crippen molar-refractivity contribution < 1.29 is 18.9 Å². The molecule has 0 saturated carbocycles. The summed E-state index contributed by atoms with van der Waals surface area (Å²) in [5.74, 6) is -2.01. The Balaban J connectivity index is 2.31. The Hall–Kier alpha value is -0.900. The predicted octanol–water partition coefficient (Wildman–Crippen LogP) is 4.75. The van der Waals surface area contributed by atoms with E-state index in [1.165, 1.54) is 0 Å². The van der Waals surface area contributed by atoms with Crippen molar-refractivity contribution in [1.29, 1.82) is 0 Å². The van der Waals surface area contributed by atoms with Crippen LogP contribution < -0.4 is 5.32 Å². The normalized spacial score (nSPS) is 15.0. The quantitative estimate of drug-likeness (QED) is 0.618. The summed E-state index contributed by atoms with van der Waals surface area (Å²) in [6, 6.07) is 12.7. The molecule has 0 saturated heterocycles. The second-order valence-corrected chi connectivity index (χ2v) is 7.80. The van der Waals surface area contributed by atoms with Gasteiger partial charge in [-0.2, -0.15) is 9.79 Å². The molecule has 120 valence electrons. The fourth-order valence-corrected chi connectivity index (χ4v) is 3.79. The SMILES string of the molecule is O=[P+](O)[C@@H](N[C@@H](c1ccc(Cl)cc1)[P+](=O)O)c1ccc(Cl)cc1. The van der Waals surface area contributed by atoms with Gasteiger partial charge in [-0.05, 0) is 33.4 Å². The maximum Gasteiger partial charge on any atom is 0.529 e. The summed E-state index contributed by atoms with van der Waals surface area (Å²) in [6.07, 6.45) is 0. The molecule has 0 aliphatic heterocycles. The molecule has 0 heterocycles. The maximum atomic E-state index is 11.7. The van der Waals surface area contributed by atoms with E-state index in [0.717, 1.165) is 0 Å². The summed E-state index contributed by atoms with van der Waals surface area (Å²) < 4.78 is 23.4. The van der Waals surface area contributed by atoms with E-state index in [2.05, 4.69) is 5.32 Å². The number of halogens is 2. The average molecular weight is 392 g/mol. The zero-order valence-electron chi connectivity index (χ0n) is 11.6. The van der Waals surface area contributed by atoms with Crippen LogP contribution in [0.25, 0.3) is 0 Å². The summed E-state index contributed by atoms with van der Waals surface area (Å²) in [7, 11) is -5.35. The van der Waals surface area contributed by atoms with Crippen molar-refractivity contribution in [2.45, 2.75) is 11.6 Å². The topological polar surface area (TPSA) is 86.6 Å². The molecular weight excluding hydrogens is 379 g/mol. The van der Waals surface area contributed by atoms with Gasteiger partial charge >= 0.3 is 16.1 Å². The molecule has 0 radical (unpaired) electrons. The van der Waals surface area contributed by atoms with Crippen LogP contribution in [-0.2, 0) is 9.13 Å². The highest BCUT2D eigenvalue weighted by Crippen LogP contribution is 2.43. The molecule has 2 aromatic rings. The molecule has 2 rings (SSSR count). The van der Waals surface area contributed by atoms with Gasteiger partial charge in [0.15, 0.2) is 0 Å². The van der Waals surface area contributed by atoms with E-state index in [0.29, 0.717) is 21.2 Å². The highest BCUT2D eigenvalue weighted by atomic mass is 35.5. The molecular formula is C14H13Cl2NO4P2+2. The van der Waals surface area contributed by atoms with Gasteiger partial charge in [0.2, 0.25) is 0 Å². The van der Waals surface area contributed by atoms with Crippen molar-refractivity contribution >= 4 is 39.3 Å². The largest absolute Gasteiger partial charge is 0.529 e. The van der Waals surface area contributed by atoms with Gasteiger partial charge in [-0.15, -0.1) is 0 Å². The lowest BCUT2D eigenvalue weighted by Crippen LogP contribution is -2.22. The molecule has 0 bridgehead atoms. The van der Waals surface area contributed by atoms with Crippen LogP contribution in [0, 0.1) is 0 Å². The molecule has 9 heteroatoms. The first-order valence-electron chi connectivity index (χ1n) is 6.46. The second kappa shape index (κ2) is 8.27. The Kier molecular flexibility index (Phi) is 6.63. The van der Waals surface area contributed by atoms with Crippen LogP contribution in [0.1, 0.15) is 22.7 Å². The fraction of sp³-hybridized carbons (Fsp3) is 0.143. The van der Waals surface area contributed by atoms with Gasteiger partial charge in [-0.3, -0.25) is 0 Å². The monoisotopic (exact) mass is 391 g/mol. The van der Waals surface area contributed by atoms with Crippen molar-refractivity contribution in [3.8, 4) is 0 Å². The molecule has 3 N–H and O–H groups in total. The molecule has 2 aromatic carbocycles. The van der Waals surface area contributed by atoms with Crippen LogP contribution in [0.2, 0.25) is 10.0 Å². The molecule has 5 nitrogen and oxygen atoms in total. The van der Waals surface area contributed by atoms with E-state index in [-0.39, 0.29) is 0 Å². The molecule has 0 fully saturated rings. The first kappa shape index (κ1) is 18.4. The highest BCUT2D eigenvalue weighted by Gasteiger charge is 2.41. The summed E-state index contributed by atoms with van der Waals surface area (Å²) in [6.45, 7) is 0. The molecule has 23 heavy (non-hydrogen) atoms. The van der Waals surface area contributed by atoms with E-state index in [9.17, 15) is 18.9 Å². The minimum absolute atomic E-state index is 0.489. The average Bonchev–Trinajstić information content (AvgIpc) is 2.50. The van der Waals surface area contributed by atoms with E-state index in [4.69, 9.17) is 23.2 Å². The van der Waals surface area contributed by atoms with Crippen LogP contribution in [0.3, 0.4) is 0 Å². The molecule has 0 aromatic heterocycles. The van der Waals surface area contributed by atoms with Crippen LogP contribution in [0.5, 0.6) is 0 Å². The lowest BCUT2D eigenvalue weighted by Gasteiger charge is -2.11.